The first-order valence-corrected chi connectivity index (χ1v) is 11.4. The quantitative estimate of drug-likeness (QED) is 0.504. The molecule has 0 amide bonds. The molecule has 0 aromatic rings. The summed E-state index contributed by atoms with van der Waals surface area (Å²) in [5, 5.41) is 0. The zero-order chi connectivity index (χ0) is 13.9. The minimum atomic E-state index is 1.26. The van der Waals surface area contributed by atoms with E-state index in [1.165, 1.54) is 38.3 Å². The van der Waals surface area contributed by atoms with Crippen molar-refractivity contribution < 1.29 is 0 Å². The van der Waals surface area contributed by atoms with Gasteiger partial charge in [0.2, 0.25) is 0 Å². The van der Waals surface area contributed by atoms with Crippen LogP contribution in [0, 0.1) is 0 Å². The van der Waals surface area contributed by atoms with Crippen molar-refractivity contribution in [2.24, 2.45) is 0 Å². The van der Waals surface area contributed by atoms with E-state index < -0.39 is 0 Å². The summed E-state index contributed by atoms with van der Waals surface area (Å²) in [6.45, 7) is 4.38. The van der Waals surface area contributed by atoms with Crippen molar-refractivity contribution in [3.8, 4) is 0 Å². The predicted molar refractivity (Wildman–Crippen MR) is 106 cm³/mol. The van der Waals surface area contributed by atoms with Gasteiger partial charge in [0.1, 0.15) is 0 Å². The number of hydrogen-bond donors (Lipinski definition) is 0. The van der Waals surface area contributed by atoms with Gasteiger partial charge in [0.15, 0.2) is 0 Å². The fourth-order valence-electron chi connectivity index (χ4n) is 1.60. The van der Waals surface area contributed by atoms with Crippen LogP contribution in [-0.2, 0) is 0 Å². The summed E-state index contributed by atoms with van der Waals surface area (Å²) in [7, 11) is 0. The minimum absolute atomic E-state index is 1.26. The Morgan fingerprint density at radius 1 is 0.700 bits per heavy atom. The maximum Gasteiger partial charge on any atom is 0.0660 e. The Kier molecular flexibility index (Phi) is 5.79. The Morgan fingerprint density at radius 3 is 1.65 bits per heavy atom. The SMILES string of the molecule is CC1=C(C)SC(=C/C=C/C=C2SC3=C(SCCS3)S2)S1. The largest absolute Gasteiger partial charge is 0.116 e. The molecule has 0 radical (unpaired) electrons. The summed E-state index contributed by atoms with van der Waals surface area (Å²) in [5.41, 5.74) is 0. The lowest BCUT2D eigenvalue weighted by atomic mass is 10.5. The average molecular weight is 375 g/mol. The molecule has 0 bridgehead atoms. The van der Waals surface area contributed by atoms with Crippen LogP contribution in [0.3, 0.4) is 0 Å². The van der Waals surface area contributed by atoms with Gasteiger partial charge in [-0.05, 0) is 35.8 Å². The van der Waals surface area contributed by atoms with Crippen LogP contribution in [0.4, 0.5) is 0 Å². The molecule has 0 aromatic heterocycles. The van der Waals surface area contributed by atoms with Crippen molar-refractivity contribution in [2.45, 2.75) is 13.8 Å². The highest BCUT2D eigenvalue weighted by Gasteiger charge is 2.24. The molecule has 106 valence electrons. The van der Waals surface area contributed by atoms with Gasteiger partial charge in [-0.3, -0.25) is 0 Å². The van der Waals surface area contributed by atoms with Gasteiger partial charge in [-0.15, -0.1) is 23.5 Å². The van der Waals surface area contributed by atoms with Crippen LogP contribution in [0.1, 0.15) is 13.8 Å². The van der Waals surface area contributed by atoms with E-state index in [4.69, 9.17) is 0 Å². The van der Waals surface area contributed by atoms with Gasteiger partial charge in [0, 0.05) is 15.7 Å². The van der Waals surface area contributed by atoms with Gasteiger partial charge in [0.05, 0.1) is 12.7 Å². The highest BCUT2D eigenvalue weighted by Crippen LogP contribution is 2.59. The van der Waals surface area contributed by atoms with Gasteiger partial charge in [-0.1, -0.05) is 59.2 Å². The summed E-state index contributed by atoms with van der Waals surface area (Å²) in [6, 6.07) is 0. The molecule has 3 aliphatic heterocycles. The maximum atomic E-state index is 2.24. The van der Waals surface area contributed by atoms with Gasteiger partial charge in [-0.25, -0.2) is 0 Å². The van der Waals surface area contributed by atoms with Gasteiger partial charge in [0.25, 0.3) is 0 Å². The Hall–Kier alpha value is 0.800. The molecule has 3 aliphatic rings. The molecule has 6 heteroatoms. The third kappa shape index (κ3) is 3.96. The van der Waals surface area contributed by atoms with E-state index in [0.29, 0.717) is 0 Å². The zero-order valence-electron chi connectivity index (χ0n) is 11.2. The van der Waals surface area contributed by atoms with Crippen molar-refractivity contribution in [2.75, 3.05) is 11.5 Å². The molecule has 20 heavy (non-hydrogen) atoms. The van der Waals surface area contributed by atoms with Crippen molar-refractivity contribution in [3.05, 3.63) is 51.1 Å². The third-order valence-electron chi connectivity index (χ3n) is 2.68. The number of thioether (sulfide) groups is 6. The Labute approximate surface area is 146 Å². The fourth-order valence-corrected chi connectivity index (χ4v) is 9.75. The molecule has 0 atom stereocenters. The van der Waals surface area contributed by atoms with E-state index in [0.717, 1.165) is 0 Å². The molecule has 0 fully saturated rings. The van der Waals surface area contributed by atoms with Crippen LogP contribution in [0.2, 0.25) is 0 Å². The Bertz CT molecular complexity index is 528. The van der Waals surface area contributed by atoms with Gasteiger partial charge < -0.3 is 0 Å². The standard InChI is InChI=1S/C14H14S6/c1-9-10(2)18-11(17-9)5-3-4-6-12-19-13-14(20-12)16-8-7-15-13/h3-6H,7-8H2,1-2H3/b4-3+. The van der Waals surface area contributed by atoms with Crippen LogP contribution in [0.15, 0.2) is 51.1 Å². The third-order valence-corrected chi connectivity index (χ3v) is 10.9. The van der Waals surface area contributed by atoms with Crippen molar-refractivity contribution >= 4 is 70.6 Å². The monoisotopic (exact) mass is 374 g/mol. The first-order chi connectivity index (χ1) is 9.72. The molecule has 3 rings (SSSR count). The normalized spacial score (nSPS) is 23.1. The summed E-state index contributed by atoms with van der Waals surface area (Å²) in [5.74, 6) is 2.51. The highest BCUT2D eigenvalue weighted by atomic mass is 32.3. The first-order valence-electron chi connectivity index (χ1n) is 6.20. The fraction of sp³-hybridized carbons (Fsp3) is 0.286. The molecule has 3 heterocycles. The number of rotatable bonds is 2. The van der Waals surface area contributed by atoms with E-state index in [2.05, 4.69) is 38.2 Å². The Balaban J connectivity index is 1.54. The molecular weight excluding hydrogens is 361 g/mol. The summed E-state index contributed by atoms with van der Waals surface area (Å²) in [6.07, 6.45) is 8.78. The van der Waals surface area contributed by atoms with Crippen molar-refractivity contribution in [1.29, 1.82) is 0 Å². The smallest absolute Gasteiger partial charge is 0.0660 e. The average Bonchev–Trinajstić information content (AvgIpc) is 2.98. The first kappa shape index (κ1) is 15.7. The van der Waals surface area contributed by atoms with E-state index in [9.17, 15) is 0 Å². The minimum Gasteiger partial charge on any atom is -0.116 e. The van der Waals surface area contributed by atoms with Crippen LogP contribution in [0.25, 0.3) is 0 Å². The molecule has 0 unspecified atom stereocenters. The van der Waals surface area contributed by atoms with Crippen LogP contribution in [0.5, 0.6) is 0 Å². The van der Waals surface area contributed by atoms with E-state index in [-0.39, 0.29) is 0 Å². The van der Waals surface area contributed by atoms with Crippen LogP contribution in [-0.4, -0.2) is 11.5 Å². The second kappa shape index (κ2) is 7.38. The molecule has 0 aromatic carbocycles. The van der Waals surface area contributed by atoms with Gasteiger partial charge >= 0.3 is 0 Å². The molecule has 0 nitrogen and oxygen atoms in total. The lowest BCUT2D eigenvalue weighted by Crippen LogP contribution is -1.88. The number of hydrogen-bond acceptors (Lipinski definition) is 6. The maximum absolute atomic E-state index is 2.24. The zero-order valence-corrected chi connectivity index (χ0v) is 16.1. The van der Waals surface area contributed by atoms with Crippen LogP contribution >= 0.6 is 70.6 Å². The lowest BCUT2D eigenvalue weighted by Gasteiger charge is -2.08. The topological polar surface area (TPSA) is 0 Å². The van der Waals surface area contributed by atoms with E-state index >= 15 is 0 Å². The highest BCUT2D eigenvalue weighted by molar-refractivity contribution is 8.41. The molecule has 0 aliphatic carbocycles. The molecule has 0 saturated heterocycles. The van der Waals surface area contributed by atoms with E-state index in [1.807, 2.05) is 70.6 Å². The Morgan fingerprint density at radius 2 is 1.15 bits per heavy atom. The lowest BCUT2D eigenvalue weighted by molar-refractivity contribution is 1.56. The molecule has 0 N–H and O–H groups in total. The van der Waals surface area contributed by atoms with Crippen LogP contribution < -0.4 is 0 Å². The second-order valence-corrected chi connectivity index (χ2v) is 12.0. The second-order valence-electron chi connectivity index (χ2n) is 4.15. The molecule has 0 saturated carbocycles. The summed E-state index contributed by atoms with van der Waals surface area (Å²) < 4.78 is 5.82. The predicted octanol–water partition coefficient (Wildman–Crippen LogP) is 7.04. The van der Waals surface area contributed by atoms with Crippen molar-refractivity contribution in [3.63, 3.8) is 0 Å². The summed E-state index contributed by atoms with van der Waals surface area (Å²) in [4.78, 5) is 2.86. The molecular formula is C14H14S6. The molecule has 0 spiro atoms. The summed E-state index contributed by atoms with van der Waals surface area (Å²) >= 11 is 11.6. The van der Waals surface area contributed by atoms with Gasteiger partial charge in [-0.2, -0.15) is 0 Å². The van der Waals surface area contributed by atoms with E-state index in [1.54, 1.807) is 0 Å². The number of allylic oxidation sites excluding steroid dienone is 6. The van der Waals surface area contributed by atoms with Crippen molar-refractivity contribution in [1.82, 2.24) is 0 Å².